The van der Waals surface area contributed by atoms with Gasteiger partial charge in [-0.1, -0.05) is 53.2 Å². The van der Waals surface area contributed by atoms with Crippen molar-refractivity contribution in [2.24, 2.45) is 5.14 Å². The Morgan fingerprint density at radius 1 is 1.18 bits per heavy atom. The molecule has 10 heteroatoms. The standard InChI is InChI=1S/C18H15Cl2N3O3S2/c1-10-6-17(22-15-5-3-2-4-12(10)15)27-9-16(24)23-18-13(19)7-11(8-14(18)20)28(21,25)26/h2-8H,9H2,1H3,(H,23,24)(H2,21,25,26). The van der Waals surface area contributed by atoms with Gasteiger partial charge < -0.3 is 5.32 Å². The number of sulfonamides is 1. The van der Waals surface area contributed by atoms with Crippen molar-refractivity contribution >= 4 is 67.5 Å². The number of rotatable bonds is 5. The molecule has 3 rings (SSSR count). The quantitative estimate of drug-likeness (QED) is 0.560. The number of aryl methyl sites for hydroxylation is 1. The first-order valence-corrected chi connectivity index (χ1v) is 11.2. The second kappa shape index (κ2) is 8.26. The molecule has 0 radical (unpaired) electrons. The first-order valence-electron chi connectivity index (χ1n) is 7.96. The lowest BCUT2D eigenvalue weighted by atomic mass is 10.1. The number of hydrogen-bond donors (Lipinski definition) is 2. The number of carbonyl (C=O) groups excluding carboxylic acids is 1. The zero-order valence-corrected chi connectivity index (χ0v) is 17.7. The number of amides is 1. The summed E-state index contributed by atoms with van der Waals surface area (Å²) in [5, 5.41) is 9.40. The molecule has 0 bridgehead atoms. The lowest BCUT2D eigenvalue weighted by Gasteiger charge is -2.11. The van der Waals surface area contributed by atoms with Gasteiger partial charge in [0.2, 0.25) is 15.9 Å². The number of benzene rings is 2. The van der Waals surface area contributed by atoms with Crippen LogP contribution in [0.5, 0.6) is 0 Å². The molecular weight excluding hydrogens is 441 g/mol. The highest BCUT2D eigenvalue weighted by Crippen LogP contribution is 2.33. The molecule has 0 unspecified atom stereocenters. The molecule has 3 N–H and O–H groups in total. The Morgan fingerprint density at radius 3 is 2.46 bits per heavy atom. The minimum Gasteiger partial charge on any atom is -0.323 e. The van der Waals surface area contributed by atoms with Crippen LogP contribution in [0, 0.1) is 6.92 Å². The molecule has 6 nitrogen and oxygen atoms in total. The summed E-state index contributed by atoms with van der Waals surface area (Å²) in [5.74, 6) is -0.279. The summed E-state index contributed by atoms with van der Waals surface area (Å²) in [6.07, 6.45) is 0. The van der Waals surface area contributed by atoms with Gasteiger partial charge in [0.1, 0.15) is 0 Å². The van der Waals surface area contributed by atoms with Crippen LogP contribution >= 0.6 is 35.0 Å². The van der Waals surface area contributed by atoms with E-state index >= 15 is 0 Å². The number of halogens is 2. The van der Waals surface area contributed by atoms with Crippen molar-refractivity contribution in [3.05, 3.63) is 58.1 Å². The molecule has 146 valence electrons. The third kappa shape index (κ3) is 4.76. The van der Waals surface area contributed by atoms with E-state index in [0.29, 0.717) is 5.03 Å². The first-order chi connectivity index (χ1) is 13.1. The predicted octanol–water partition coefficient (Wildman–Crippen LogP) is 4.23. The van der Waals surface area contributed by atoms with Crippen molar-refractivity contribution in [1.29, 1.82) is 0 Å². The number of nitrogens with one attached hydrogen (secondary N) is 1. The molecule has 0 aliphatic heterocycles. The Morgan fingerprint density at radius 2 is 1.82 bits per heavy atom. The maximum Gasteiger partial charge on any atom is 0.238 e. The van der Waals surface area contributed by atoms with Crippen LogP contribution in [0.2, 0.25) is 10.0 Å². The summed E-state index contributed by atoms with van der Waals surface area (Å²) < 4.78 is 22.8. The van der Waals surface area contributed by atoms with Crippen LogP contribution in [-0.4, -0.2) is 25.1 Å². The zero-order chi connectivity index (χ0) is 20.5. The van der Waals surface area contributed by atoms with E-state index in [1.165, 1.54) is 11.8 Å². The summed E-state index contributed by atoms with van der Waals surface area (Å²) in [4.78, 5) is 16.6. The van der Waals surface area contributed by atoms with E-state index in [1.807, 2.05) is 37.3 Å². The van der Waals surface area contributed by atoms with Gasteiger partial charge in [0.25, 0.3) is 0 Å². The van der Waals surface area contributed by atoms with Gasteiger partial charge in [-0.05, 0) is 36.8 Å². The summed E-state index contributed by atoms with van der Waals surface area (Å²) in [6.45, 7) is 1.99. The number of primary sulfonamides is 1. The van der Waals surface area contributed by atoms with Crippen molar-refractivity contribution in [1.82, 2.24) is 4.98 Å². The first kappa shape index (κ1) is 20.9. The van der Waals surface area contributed by atoms with Gasteiger partial charge in [-0.2, -0.15) is 0 Å². The van der Waals surface area contributed by atoms with E-state index in [2.05, 4.69) is 10.3 Å². The second-order valence-electron chi connectivity index (χ2n) is 5.94. The highest BCUT2D eigenvalue weighted by molar-refractivity contribution is 7.99. The fraction of sp³-hybridized carbons (Fsp3) is 0.111. The molecule has 2 aromatic carbocycles. The van der Waals surface area contributed by atoms with E-state index in [1.54, 1.807) is 0 Å². The van der Waals surface area contributed by atoms with Crippen LogP contribution in [0.25, 0.3) is 10.9 Å². The number of thioether (sulfide) groups is 1. The smallest absolute Gasteiger partial charge is 0.238 e. The molecule has 0 aliphatic rings. The van der Waals surface area contributed by atoms with E-state index in [0.717, 1.165) is 28.6 Å². The fourth-order valence-electron chi connectivity index (χ4n) is 2.54. The monoisotopic (exact) mass is 455 g/mol. The molecule has 0 saturated carbocycles. The number of nitrogens with two attached hydrogens (primary N) is 1. The third-order valence-electron chi connectivity index (χ3n) is 3.86. The average Bonchev–Trinajstić information content (AvgIpc) is 2.62. The number of anilines is 1. The summed E-state index contributed by atoms with van der Waals surface area (Å²) in [7, 11) is -3.96. The Bertz CT molecular complexity index is 1160. The number of carbonyl (C=O) groups is 1. The van der Waals surface area contributed by atoms with Crippen molar-refractivity contribution < 1.29 is 13.2 Å². The highest BCUT2D eigenvalue weighted by atomic mass is 35.5. The van der Waals surface area contributed by atoms with Crippen LogP contribution in [0.3, 0.4) is 0 Å². The van der Waals surface area contributed by atoms with Crippen molar-refractivity contribution in [2.45, 2.75) is 16.8 Å². The van der Waals surface area contributed by atoms with Gasteiger partial charge in [0.05, 0.1) is 36.9 Å². The van der Waals surface area contributed by atoms with Crippen molar-refractivity contribution in [2.75, 3.05) is 11.1 Å². The van der Waals surface area contributed by atoms with Gasteiger partial charge in [-0.15, -0.1) is 0 Å². The van der Waals surface area contributed by atoms with Crippen LogP contribution in [0.15, 0.2) is 52.4 Å². The van der Waals surface area contributed by atoms with E-state index in [4.69, 9.17) is 28.3 Å². The van der Waals surface area contributed by atoms with E-state index < -0.39 is 10.0 Å². The molecule has 1 aromatic heterocycles. The van der Waals surface area contributed by atoms with Crippen molar-refractivity contribution in [3.63, 3.8) is 0 Å². The Hall–Kier alpha value is -1.84. The van der Waals surface area contributed by atoms with Crippen molar-refractivity contribution in [3.8, 4) is 0 Å². The molecule has 3 aromatic rings. The summed E-state index contributed by atoms with van der Waals surface area (Å²) in [5.41, 5.74) is 2.05. The largest absolute Gasteiger partial charge is 0.323 e. The van der Waals surface area contributed by atoms with Gasteiger partial charge in [-0.25, -0.2) is 18.5 Å². The SMILES string of the molecule is Cc1cc(SCC(=O)Nc2c(Cl)cc(S(N)(=O)=O)cc2Cl)nc2ccccc12. The number of nitrogens with zero attached hydrogens (tertiary/aromatic N) is 1. The molecule has 0 aliphatic carbocycles. The molecule has 28 heavy (non-hydrogen) atoms. The highest BCUT2D eigenvalue weighted by Gasteiger charge is 2.17. The number of aromatic nitrogens is 1. The molecule has 1 heterocycles. The van der Waals surface area contributed by atoms with Crippen LogP contribution in [0.1, 0.15) is 5.56 Å². The van der Waals surface area contributed by atoms with Gasteiger partial charge in [0.15, 0.2) is 0 Å². The van der Waals surface area contributed by atoms with Gasteiger partial charge >= 0.3 is 0 Å². The molecular formula is C18H15Cl2N3O3S2. The lowest BCUT2D eigenvalue weighted by Crippen LogP contribution is -2.16. The minimum absolute atomic E-state index is 0.0189. The summed E-state index contributed by atoms with van der Waals surface area (Å²) >= 11 is 13.4. The topological polar surface area (TPSA) is 102 Å². The number of hydrogen-bond acceptors (Lipinski definition) is 5. The number of pyridine rings is 1. The molecule has 0 spiro atoms. The Labute approximate surface area is 176 Å². The molecule has 1 amide bonds. The number of para-hydroxylation sites is 1. The second-order valence-corrected chi connectivity index (χ2v) is 9.31. The van der Waals surface area contributed by atoms with Gasteiger partial charge in [-0.3, -0.25) is 4.79 Å². The maximum atomic E-state index is 12.3. The fourth-order valence-corrected chi connectivity index (χ4v) is 4.59. The van der Waals surface area contributed by atoms with Crippen LogP contribution in [0.4, 0.5) is 5.69 Å². The minimum atomic E-state index is -3.96. The third-order valence-corrected chi connectivity index (χ3v) is 6.26. The molecule has 0 atom stereocenters. The lowest BCUT2D eigenvalue weighted by molar-refractivity contribution is -0.113. The van der Waals surface area contributed by atoms with Crippen LogP contribution < -0.4 is 10.5 Å². The average molecular weight is 456 g/mol. The predicted molar refractivity (Wildman–Crippen MR) is 114 cm³/mol. The van der Waals surface area contributed by atoms with E-state index in [-0.39, 0.29) is 32.3 Å². The Balaban J connectivity index is 1.73. The molecule has 0 saturated heterocycles. The zero-order valence-electron chi connectivity index (χ0n) is 14.6. The van der Waals surface area contributed by atoms with E-state index in [9.17, 15) is 13.2 Å². The normalized spacial score (nSPS) is 11.6. The number of fused-ring (bicyclic) bond motifs is 1. The summed E-state index contributed by atoms with van der Waals surface area (Å²) in [6, 6.07) is 12.0. The van der Waals surface area contributed by atoms with Crippen LogP contribution in [-0.2, 0) is 14.8 Å². The molecule has 0 fully saturated rings. The van der Waals surface area contributed by atoms with Gasteiger partial charge in [0, 0.05) is 5.39 Å². The maximum absolute atomic E-state index is 12.3. The Kier molecular flexibility index (Phi) is 6.16.